The molecule has 2 saturated heterocycles. The smallest absolute Gasteiger partial charge is 0.308 e. The number of carbonyl (C=O) groups excluding carboxylic acids is 3. The molecule has 0 spiro atoms. The molecule has 1 aliphatic carbocycles. The molecule has 1 saturated carbocycles. The zero-order chi connectivity index (χ0) is 30.4. The summed E-state index contributed by atoms with van der Waals surface area (Å²) < 4.78 is 28.5. The van der Waals surface area contributed by atoms with Crippen LogP contribution in [0.1, 0.15) is 62.2 Å². The molecular formula is C30H36N4O7S. The Bertz CT molecular complexity index is 1460. The number of ketones is 2. The molecule has 12 heteroatoms. The highest BCUT2D eigenvalue weighted by molar-refractivity contribution is 7.89. The van der Waals surface area contributed by atoms with Crippen molar-refractivity contribution in [2.24, 2.45) is 22.6 Å². The van der Waals surface area contributed by atoms with Gasteiger partial charge in [-0.05, 0) is 62.8 Å². The number of aliphatic imine (C=N–C) groups is 1. The average Bonchev–Trinajstić information content (AvgIpc) is 2.98. The lowest BCUT2D eigenvalue weighted by Gasteiger charge is -2.49. The van der Waals surface area contributed by atoms with Crippen molar-refractivity contribution in [2.75, 3.05) is 6.54 Å². The van der Waals surface area contributed by atoms with E-state index in [9.17, 15) is 32.7 Å². The van der Waals surface area contributed by atoms with E-state index in [2.05, 4.69) is 10.3 Å². The maximum atomic E-state index is 13.6. The van der Waals surface area contributed by atoms with Crippen LogP contribution in [0.4, 0.5) is 5.69 Å². The van der Waals surface area contributed by atoms with Gasteiger partial charge < -0.3 is 16.2 Å². The maximum absolute atomic E-state index is 13.6. The van der Waals surface area contributed by atoms with E-state index in [4.69, 9.17) is 5.73 Å². The second kappa shape index (κ2) is 13.4. The van der Waals surface area contributed by atoms with Gasteiger partial charge in [0, 0.05) is 37.4 Å². The first-order valence-corrected chi connectivity index (χ1v) is 15.5. The van der Waals surface area contributed by atoms with Gasteiger partial charge in [-0.1, -0.05) is 30.3 Å². The molecule has 3 fully saturated rings. The van der Waals surface area contributed by atoms with Crippen LogP contribution in [-0.4, -0.2) is 65.7 Å². The Kier molecular flexibility index (Phi) is 9.89. The van der Waals surface area contributed by atoms with Crippen LogP contribution in [-0.2, 0) is 24.4 Å². The molecule has 0 aromatic heterocycles. The van der Waals surface area contributed by atoms with Crippen LogP contribution in [0.2, 0.25) is 0 Å². The van der Waals surface area contributed by atoms with E-state index in [-0.39, 0.29) is 42.0 Å². The number of carbonyl (C=O) groups is 4. The summed E-state index contributed by atoms with van der Waals surface area (Å²) in [7, 11) is -3.97. The summed E-state index contributed by atoms with van der Waals surface area (Å²) in [5.74, 6) is -3.64. The van der Waals surface area contributed by atoms with Crippen LogP contribution in [0.3, 0.4) is 0 Å². The molecule has 11 nitrogen and oxygen atoms in total. The summed E-state index contributed by atoms with van der Waals surface area (Å²) in [6.45, 7) is 1.30. The minimum Gasteiger partial charge on any atom is -0.481 e. The van der Waals surface area contributed by atoms with Crippen molar-refractivity contribution in [1.29, 1.82) is 0 Å². The standard InChI is InChI=1S/C30H36N4O7S/c1-19(31)33-23-7-5-6-21(16-23)26(35)14-15-28(37)32-18-22(30(38)39)17-27(36)29-20-10-12-24(13-11-20)34(29)42(40,41)25-8-3-2-4-9-25/h2-9,16,20,22,24,29H,10-15,17-18H2,1H3,(H2,31,33)(H,32,37)(H,38,39)/t20?,22-,24?,29+/m0/s1. The summed E-state index contributed by atoms with van der Waals surface area (Å²) in [6, 6.07) is 13.2. The highest BCUT2D eigenvalue weighted by Gasteiger charge is 2.51. The van der Waals surface area contributed by atoms with E-state index in [0.717, 1.165) is 0 Å². The Balaban J connectivity index is 1.37. The number of nitrogens with two attached hydrogens (primary N) is 1. The molecule has 2 atom stereocenters. The van der Waals surface area contributed by atoms with Gasteiger partial charge in [0.2, 0.25) is 15.9 Å². The van der Waals surface area contributed by atoms with Crippen LogP contribution in [0.25, 0.3) is 0 Å². The monoisotopic (exact) mass is 596 g/mol. The molecule has 224 valence electrons. The van der Waals surface area contributed by atoms with E-state index < -0.39 is 46.1 Å². The number of amides is 1. The number of fused-ring (bicyclic) bond motifs is 3. The van der Waals surface area contributed by atoms with Gasteiger partial charge in [-0.15, -0.1) is 0 Å². The predicted octanol–water partition coefficient (Wildman–Crippen LogP) is 3.07. The lowest BCUT2D eigenvalue weighted by Crippen LogP contribution is -2.60. The number of carboxylic acids is 1. The number of nitrogens with one attached hydrogen (secondary N) is 1. The van der Waals surface area contributed by atoms with Crippen molar-refractivity contribution in [3.63, 3.8) is 0 Å². The molecule has 0 radical (unpaired) electrons. The molecule has 3 aliphatic rings. The second-order valence-corrected chi connectivity index (χ2v) is 12.7. The molecule has 5 rings (SSSR count). The summed E-state index contributed by atoms with van der Waals surface area (Å²) in [5.41, 5.74) is 6.47. The Labute approximate surface area is 245 Å². The highest BCUT2D eigenvalue weighted by atomic mass is 32.2. The fraction of sp³-hybridized carbons (Fsp3) is 0.433. The highest BCUT2D eigenvalue weighted by Crippen LogP contribution is 2.43. The minimum atomic E-state index is -3.97. The molecule has 2 bridgehead atoms. The Hall–Kier alpha value is -3.90. The number of nitrogens with zero attached hydrogens (tertiary/aromatic N) is 2. The fourth-order valence-electron chi connectivity index (χ4n) is 5.83. The van der Waals surface area contributed by atoms with Crippen molar-refractivity contribution >= 4 is 45.0 Å². The van der Waals surface area contributed by atoms with Gasteiger partial charge in [0.05, 0.1) is 28.4 Å². The zero-order valence-corrected chi connectivity index (χ0v) is 24.3. The van der Waals surface area contributed by atoms with E-state index in [1.807, 2.05) is 0 Å². The Morgan fingerprint density at radius 3 is 2.36 bits per heavy atom. The summed E-state index contributed by atoms with van der Waals surface area (Å²) >= 11 is 0. The summed E-state index contributed by atoms with van der Waals surface area (Å²) in [6.07, 6.45) is 2.02. The van der Waals surface area contributed by atoms with Gasteiger partial charge in [-0.25, -0.2) is 13.4 Å². The number of benzene rings is 2. The number of aliphatic carboxylic acids is 1. The summed E-state index contributed by atoms with van der Waals surface area (Å²) in [4.78, 5) is 54.9. The van der Waals surface area contributed by atoms with Crippen molar-refractivity contribution < 1.29 is 32.7 Å². The maximum Gasteiger partial charge on any atom is 0.308 e. The Morgan fingerprint density at radius 2 is 1.71 bits per heavy atom. The summed E-state index contributed by atoms with van der Waals surface area (Å²) in [5, 5.41) is 12.3. The van der Waals surface area contributed by atoms with Crippen molar-refractivity contribution in [2.45, 2.75) is 68.8 Å². The zero-order valence-electron chi connectivity index (χ0n) is 23.4. The van der Waals surface area contributed by atoms with Gasteiger partial charge in [-0.3, -0.25) is 19.2 Å². The van der Waals surface area contributed by atoms with Gasteiger partial charge in [-0.2, -0.15) is 4.31 Å². The van der Waals surface area contributed by atoms with Gasteiger partial charge in [0.1, 0.15) is 0 Å². The third-order valence-electron chi connectivity index (χ3n) is 7.87. The number of carboxylic acid groups (broad SMARTS) is 1. The van der Waals surface area contributed by atoms with Gasteiger partial charge >= 0.3 is 5.97 Å². The van der Waals surface area contributed by atoms with Gasteiger partial charge in [0.15, 0.2) is 11.6 Å². The largest absolute Gasteiger partial charge is 0.481 e. The van der Waals surface area contributed by atoms with E-state index in [1.54, 1.807) is 49.4 Å². The van der Waals surface area contributed by atoms with E-state index >= 15 is 0 Å². The third kappa shape index (κ3) is 7.29. The van der Waals surface area contributed by atoms with Crippen LogP contribution in [0.15, 0.2) is 64.5 Å². The first-order valence-electron chi connectivity index (χ1n) is 14.0. The molecule has 0 unspecified atom stereocenters. The molecule has 4 N–H and O–H groups in total. The van der Waals surface area contributed by atoms with Crippen LogP contribution < -0.4 is 11.1 Å². The topological polar surface area (TPSA) is 176 Å². The number of hydrogen-bond donors (Lipinski definition) is 3. The molecule has 2 aromatic rings. The molecule has 2 heterocycles. The van der Waals surface area contributed by atoms with Crippen molar-refractivity contribution in [1.82, 2.24) is 9.62 Å². The quantitative estimate of drug-likeness (QED) is 0.179. The third-order valence-corrected chi connectivity index (χ3v) is 9.81. The molecular weight excluding hydrogens is 560 g/mol. The fourth-order valence-corrected chi connectivity index (χ4v) is 7.77. The normalized spacial score (nSPS) is 21.5. The molecule has 1 amide bonds. The predicted molar refractivity (Wildman–Crippen MR) is 156 cm³/mol. The van der Waals surface area contributed by atoms with Crippen LogP contribution in [0, 0.1) is 11.8 Å². The molecule has 2 aliphatic heterocycles. The number of hydrogen-bond acceptors (Lipinski definition) is 7. The minimum absolute atomic E-state index is 0.0980. The van der Waals surface area contributed by atoms with Crippen molar-refractivity contribution in [3.05, 3.63) is 60.2 Å². The lowest BCUT2D eigenvalue weighted by atomic mass is 9.74. The molecule has 2 aromatic carbocycles. The lowest BCUT2D eigenvalue weighted by molar-refractivity contribution is -0.145. The first-order chi connectivity index (χ1) is 20.0. The number of amidine groups is 1. The molecule has 42 heavy (non-hydrogen) atoms. The van der Waals surface area contributed by atoms with Crippen molar-refractivity contribution in [3.8, 4) is 0 Å². The number of piperidine rings is 2. The van der Waals surface area contributed by atoms with E-state index in [0.29, 0.717) is 42.8 Å². The number of rotatable bonds is 13. The first kappa shape index (κ1) is 31.0. The number of sulfonamides is 1. The van der Waals surface area contributed by atoms with Crippen LogP contribution >= 0.6 is 0 Å². The SMILES string of the molecule is CC(N)=Nc1cccc(C(=O)CCC(=O)NC[C@H](CC(=O)[C@H]2C3CCC(CC3)N2S(=O)(=O)c2ccccc2)C(=O)O)c1. The second-order valence-electron chi connectivity index (χ2n) is 10.9. The van der Waals surface area contributed by atoms with E-state index in [1.165, 1.54) is 16.4 Å². The Morgan fingerprint density at radius 1 is 1.02 bits per heavy atom. The van der Waals surface area contributed by atoms with Gasteiger partial charge in [0.25, 0.3) is 0 Å². The number of Topliss-reactive ketones (excluding diaryl/α,β-unsaturated/α-hetero) is 2. The van der Waals surface area contributed by atoms with Crippen LogP contribution in [0.5, 0.6) is 0 Å². The average molecular weight is 597 g/mol.